The highest BCUT2D eigenvalue weighted by atomic mass is 16.5. The molecule has 0 saturated heterocycles. The second kappa shape index (κ2) is 30.8. The van der Waals surface area contributed by atoms with Crippen LogP contribution in [0, 0.1) is 5.92 Å². The minimum absolute atomic E-state index is 0.0766. The van der Waals surface area contributed by atoms with Gasteiger partial charge < -0.3 is 14.9 Å². The van der Waals surface area contributed by atoms with Crippen LogP contribution >= 0.6 is 0 Å². The third-order valence-corrected chi connectivity index (χ3v) is 7.86. The van der Waals surface area contributed by atoms with Crippen molar-refractivity contribution in [3.8, 4) is 0 Å². The number of unbranched alkanes of at least 4 members (excludes halogenated alkanes) is 19. The molecule has 0 saturated carbocycles. The van der Waals surface area contributed by atoms with Crippen LogP contribution in [0.3, 0.4) is 0 Å². The molecule has 5 nitrogen and oxygen atoms in total. The van der Waals surface area contributed by atoms with Gasteiger partial charge in [0.25, 0.3) is 0 Å². The third-order valence-electron chi connectivity index (χ3n) is 7.86. The Kier molecular flexibility index (Phi) is 29.8. The molecule has 2 N–H and O–H groups in total. The van der Waals surface area contributed by atoms with Crippen molar-refractivity contribution in [2.75, 3.05) is 13.2 Å². The zero-order valence-electron chi connectivity index (χ0n) is 26.5. The fourth-order valence-electron chi connectivity index (χ4n) is 5.15. The molecule has 0 spiro atoms. The van der Waals surface area contributed by atoms with Crippen LogP contribution in [-0.4, -0.2) is 41.3 Å². The van der Waals surface area contributed by atoms with Gasteiger partial charge in [0, 0.05) is 12.3 Å². The van der Waals surface area contributed by atoms with Crippen LogP contribution in [0.1, 0.15) is 174 Å². The molecule has 0 radical (unpaired) electrons. The van der Waals surface area contributed by atoms with Crippen molar-refractivity contribution >= 4 is 11.8 Å². The summed E-state index contributed by atoms with van der Waals surface area (Å²) in [7, 11) is 0. The number of Topliss-reactive ketones (excluding diaryl/α,β-unsaturated/α-hetero) is 1. The van der Waals surface area contributed by atoms with Crippen LogP contribution in [0.25, 0.3) is 0 Å². The second-order valence-corrected chi connectivity index (χ2v) is 11.8. The van der Waals surface area contributed by atoms with E-state index in [9.17, 15) is 14.7 Å². The molecule has 0 rings (SSSR count). The first-order valence-corrected chi connectivity index (χ1v) is 17.2. The Labute approximate surface area is 247 Å². The highest BCUT2D eigenvalue weighted by molar-refractivity contribution is 5.85. The monoisotopic (exact) mass is 566 g/mol. The molecule has 5 heteroatoms. The van der Waals surface area contributed by atoms with Gasteiger partial charge in [0.1, 0.15) is 18.5 Å². The van der Waals surface area contributed by atoms with Crippen LogP contribution in [0.5, 0.6) is 0 Å². The molecule has 0 aromatic heterocycles. The van der Waals surface area contributed by atoms with Crippen molar-refractivity contribution in [1.29, 1.82) is 0 Å². The fraction of sp³-hybridized carbons (Fsp3) is 0.886. The molecular weight excluding hydrogens is 500 g/mol. The van der Waals surface area contributed by atoms with Gasteiger partial charge in [0.2, 0.25) is 0 Å². The highest BCUT2D eigenvalue weighted by Gasteiger charge is 2.22. The maximum absolute atomic E-state index is 13.0. The number of aliphatic hydroxyl groups excluding tert-OH is 2. The van der Waals surface area contributed by atoms with E-state index in [2.05, 4.69) is 26.0 Å². The topological polar surface area (TPSA) is 83.8 Å². The Morgan fingerprint density at radius 3 is 1.60 bits per heavy atom. The molecule has 0 aliphatic rings. The lowest BCUT2D eigenvalue weighted by molar-refractivity contribution is -0.150. The summed E-state index contributed by atoms with van der Waals surface area (Å²) in [6, 6.07) is 0. The molecule has 2 unspecified atom stereocenters. The van der Waals surface area contributed by atoms with Gasteiger partial charge in [-0.05, 0) is 38.5 Å². The summed E-state index contributed by atoms with van der Waals surface area (Å²) in [5.74, 6) is -0.582. The largest absolute Gasteiger partial charge is 0.463 e. The Morgan fingerprint density at radius 1 is 0.650 bits per heavy atom. The first-order valence-electron chi connectivity index (χ1n) is 17.2. The average molecular weight is 567 g/mol. The molecule has 0 fully saturated rings. The van der Waals surface area contributed by atoms with Crippen LogP contribution in [-0.2, 0) is 14.3 Å². The third kappa shape index (κ3) is 27.0. The number of carbonyl (C=O) groups excluding carboxylic acids is 2. The van der Waals surface area contributed by atoms with E-state index in [1.807, 2.05) is 0 Å². The molecule has 0 aliphatic carbocycles. The number of carbonyl (C=O) groups is 2. The maximum Gasteiger partial charge on any atom is 0.306 e. The minimum atomic E-state index is -1.07. The SMILES string of the molecule is CCCCCCCC/C=C\CCCCCC(CC(=O)OCC(O)CO)C(=O)CCCCCCCCCCCCC. The number of esters is 1. The Balaban J connectivity index is 4.19. The van der Waals surface area contributed by atoms with E-state index in [0.717, 1.165) is 44.9 Å². The molecule has 0 amide bonds. The van der Waals surface area contributed by atoms with E-state index >= 15 is 0 Å². The fourth-order valence-corrected chi connectivity index (χ4v) is 5.15. The quantitative estimate of drug-likeness (QED) is 0.0496. The predicted octanol–water partition coefficient (Wildman–Crippen LogP) is 9.42. The average Bonchev–Trinajstić information content (AvgIpc) is 2.96. The number of ketones is 1. The molecular formula is C35H66O5. The van der Waals surface area contributed by atoms with Gasteiger partial charge >= 0.3 is 5.97 Å². The number of rotatable bonds is 31. The van der Waals surface area contributed by atoms with E-state index in [1.165, 1.54) is 103 Å². The molecule has 2 atom stereocenters. The smallest absolute Gasteiger partial charge is 0.306 e. The normalized spacial score (nSPS) is 13.1. The van der Waals surface area contributed by atoms with Crippen molar-refractivity contribution in [3.05, 3.63) is 12.2 Å². The standard InChI is InChI=1S/C35H66O5/c1-3-5-7-9-11-13-15-16-18-19-21-23-25-27-32(29-35(39)40-31-33(37)30-36)34(38)28-26-24-22-20-17-14-12-10-8-6-4-2/h16,18,32-33,36-37H,3-15,17,19-31H2,1-2H3/b18-16-. The first kappa shape index (κ1) is 38.8. The molecule has 0 aliphatic heterocycles. The second-order valence-electron chi connectivity index (χ2n) is 11.8. The number of ether oxygens (including phenoxy) is 1. The summed E-state index contributed by atoms with van der Waals surface area (Å²) in [6.07, 6.45) is 32.0. The lowest BCUT2D eigenvalue weighted by atomic mass is 9.90. The van der Waals surface area contributed by atoms with Gasteiger partial charge in [0.15, 0.2) is 0 Å². The lowest BCUT2D eigenvalue weighted by Crippen LogP contribution is -2.25. The summed E-state index contributed by atoms with van der Waals surface area (Å²) in [6.45, 7) is 3.84. The van der Waals surface area contributed by atoms with Crippen LogP contribution < -0.4 is 0 Å². The minimum Gasteiger partial charge on any atom is -0.463 e. The zero-order chi connectivity index (χ0) is 29.5. The number of hydrogen-bond acceptors (Lipinski definition) is 5. The molecule has 0 heterocycles. The van der Waals surface area contributed by atoms with E-state index in [0.29, 0.717) is 6.42 Å². The maximum atomic E-state index is 13.0. The van der Waals surface area contributed by atoms with Crippen molar-refractivity contribution < 1.29 is 24.5 Å². The highest BCUT2D eigenvalue weighted by Crippen LogP contribution is 2.20. The van der Waals surface area contributed by atoms with Crippen LogP contribution in [0.4, 0.5) is 0 Å². The zero-order valence-corrected chi connectivity index (χ0v) is 26.5. The van der Waals surface area contributed by atoms with Crippen molar-refractivity contribution in [3.63, 3.8) is 0 Å². The van der Waals surface area contributed by atoms with Crippen LogP contribution in [0.2, 0.25) is 0 Å². The van der Waals surface area contributed by atoms with E-state index in [-0.39, 0.29) is 24.7 Å². The van der Waals surface area contributed by atoms with Gasteiger partial charge in [-0.2, -0.15) is 0 Å². The number of hydrogen-bond donors (Lipinski definition) is 2. The van der Waals surface area contributed by atoms with Crippen molar-refractivity contribution in [1.82, 2.24) is 0 Å². The molecule has 236 valence electrons. The van der Waals surface area contributed by atoms with Gasteiger partial charge in [-0.1, -0.05) is 135 Å². The molecule has 0 aromatic carbocycles. The number of allylic oxidation sites excluding steroid dienone is 2. The van der Waals surface area contributed by atoms with Crippen molar-refractivity contribution in [2.45, 2.75) is 180 Å². The van der Waals surface area contributed by atoms with E-state index < -0.39 is 18.7 Å². The van der Waals surface area contributed by atoms with E-state index in [4.69, 9.17) is 9.84 Å². The summed E-state index contributed by atoms with van der Waals surface area (Å²) in [4.78, 5) is 25.3. The summed E-state index contributed by atoms with van der Waals surface area (Å²) >= 11 is 0. The van der Waals surface area contributed by atoms with Gasteiger partial charge in [0.05, 0.1) is 13.0 Å². The molecule has 0 bridgehead atoms. The Hall–Kier alpha value is -1.20. The summed E-state index contributed by atoms with van der Waals surface area (Å²) in [5, 5.41) is 18.4. The van der Waals surface area contributed by atoms with Crippen molar-refractivity contribution in [2.24, 2.45) is 5.92 Å². The summed E-state index contributed by atoms with van der Waals surface area (Å²) in [5.41, 5.74) is 0. The summed E-state index contributed by atoms with van der Waals surface area (Å²) < 4.78 is 5.10. The molecule has 0 aromatic rings. The lowest BCUT2D eigenvalue weighted by Gasteiger charge is -2.16. The predicted molar refractivity (Wildman–Crippen MR) is 168 cm³/mol. The van der Waals surface area contributed by atoms with Gasteiger partial charge in [-0.15, -0.1) is 0 Å². The molecule has 40 heavy (non-hydrogen) atoms. The van der Waals surface area contributed by atoms with E-state index in [1.54, 1.807) is 0 Å². The van der Waals surface area contributed by atoms with Gasteiger partial charge in [-0.25, -0.2) is 0 Å². The Morgan fingerprint density at radius 2 is 1.10 bits per heavy atom. The first-order chi connectivity index (χ1) is 19.5. The number of aliphatic hydroxyl groups is 2. The van der Waals surface area contributed by atoms with Crippen LogP contribution in [0.15, 0.2) is 12.2 Å². The Bertz CT molecular complexity index is 588. The van der Waals surface area contributed by atoms with Gasteiger partial charge in [-0.3, -0.25) is 9.59 Å².